The Hall–Kier alpha value is -2.24. The monoisotopic (exact) mass is 444 g/mol. The van der Waals surface area contributed by atoms with Gasteiger partial charge in [-0.1, -0.05) is 17.7 Å². The molecule has 1 unspecified atom stereocenters. The maximum absolute atomic E-state index is 12.6. The lowest BCUT2D eigenvalue weighted by atomic mass is 10.0. The number of alkyl halides is 3. The molecule has 0 saturated heterocycles. The largest absolute Gasteiger partial charge is 0.417 e. The summed E-state index contributed by atoms with van der Waals surface area (Å²) in [6.45, 7) is 0.358. The van der Waals surface area contributed by atoms with Gasteiger partial charge in [-0.15, -0.1) is 0 Å². The van der Waals surface area contributed by atoms with E-state index in [0.29, 0.717) is 42.0 Å². The topological polar surface area (TPSA) is 102 Å². The van der Waals surface area contributed by atoms with Gasteiger partial charge in [0.05, 0.1) is 22.9 Å². The average Bonchev–Trinajstić information content (AvgIpc) is 2.73. The molecule has 3 rings (SSSR count). The second-order valence-electron chi connectivity index (χ2n) is 6.72. The maximum atomic E-state index is 12.6. The SMILES string of the molecule is OC[C@H](O)c1cnc(C2=CCN(C(O)Nc3ccc(C(F)(F)F)cn3)CC2)c(Cl)c1. The first kappa shape index (κ1) is 22.4. The summed E-state index contributed by atoms with van der Waals surface area (Å²) in [5.74, 6) is 0.119. The van der Waals surface area contributed by atoms with Crippen LogP contribution in [0.4, 0.5) is 19.0 Å². The van der Waals surface area contributed by atoms with E-state index in [0.717, 1.165) is 17.7 Å². The number of hydrogen-bond acceptors (Lipinski definition) is 7. The predicted molar refractivity (Wildman–Crippen MR) is 104 cm³/mol. The molecule has 1 aliphatic rings. The number of halogens is 4. The minimum absolute atomic E-state index is 0.119. The van der Waals surface area contributed by atoms with Crippen LogP contribution in [0.25, 0.3) is 5.57 Å². The van der Waals surface area contributed by atoms with E-state index in [2.05, 4.69) is 15.3 Å². The Labute approximate surface area is 175 Å². The van der Waals surface area contributed by atoms with Crippen molar-refractivity contribution in [2.24, 2.45) is 0 Å². The Kier molecular flexibility index (Phi) is 6.94. The van der Waals surface area contributed by atoms with Gasteiger partial charge in [-0.2, -0.15) is 13.2 Å². The third kappa shape index (κ3) is 5.27. The van der Waals surface area contributed by atoms with Crippen LogP contribution >= 0.6 is 11.6 Å². The molecule has 0 radical (unpaired) electrons. The molecule has 30 heavy (non-hydrogen) atoms. The lowest BCUT2D eigenvalue weighted by Gasteiger charge is -2.31. The van der Waals surface area contributed by atoms with Crippen molar-refractivity contribution in [1.29, 1.82) is 0 Å². The van der Waals surface area contributed by atoms with Crippen LogP contribution in [0, 0.1) is 0 Å². The smallest absolute Gasteiger partial charge is 0.393 e. The van der Waals surface area contributed by atoms with Gasteiger partial charge in [0.1, 0.15) is 11.9 Å². The van der Waals surface area contributed by atoms with Gasteiger partial charge < -0.3 is 20.6 Å². The maximum Gasteiger partial charge on any atom is 0.417 e. The van der Waals surface area contributed by atoms with E-state index in [-0.39, 0.29) is 5.82 Å². The molecule has 1 aliphatic heterocycles. The van der Waals surface area contributed by atoms with Gasteiger partial charge in [0.2, 0.25) is 0 Å². The highest BCUT2D eigenvalue weighted by Crippen LogP contribution is 2.30. The van der Waals surface area contributed by atoms with Crippen LogP contribution < -0.4 is 5.32 Å². The summed E-state index contributed by atoms with van der Waals surface area (Å²) in [6, 6.07) is 3.59. The third-order valence-electron chi connectivity index (χ3n) is 4.68. The van der Waals surface area contributed by atoms with E-state index in [1.54, 1.807) is 11.0 Å². The minimum atomic E-state index is -4.47. The van der Waals surface area contributed by atoms with Crippen LogP contribution in [0.3, 0.4) is 0 Å². The highest BCUT2D eigenvalue weighted by Gasteiger charge is 2.31. The van der Waals surface area contributed by atoms with Crippen molar-refractivity contribution in [3.8, 4) is 0 Å². The normalized spacial score (nSPS) is 17.4. The number of pyridine rings is 2. The van der Waals surface area contributed by atoms with Gasteiger partial charge in [0.25, 0.3) is 0 Å². The number of anilines is 1. The molecule has 0 amide bonds. The Morgan fingerprint density at radius 3 is 2.50 bits per heavy atom. The molecule has 162 valence electrons. The predicted octanol–water partition coefficient (Wildman–Crippen LogP) is 2.65. The molecule has 0 aromatic carbocycles. The highest BCUT2D eigenvalue weighted by atomic mass is 35.5. The molecule has 4 N–H and O–H groups in total. The zero-order valence-electron chi connectivity index (χ0n) is 15.6. The van der Waals surface area contributed by atoms with Crippen molar-refractivity contribution in [3.05, 3.63) is 58.5 Å². The number of aliphatic hydroxyl groups excluding tert-OH is 3. The molecule has 3 heterocycles. The second-order valence-corrected chi connectivity index (χ2v) is 7.13. The van der Waals surface area contributed by atoms with Crippen LogP contribution in [-0.4, -0.2) is 56.2 Å². The molecule has 0 saturated carbocycles. The first-order chi connectivity index (χ1) is 14.2. The van der Waals surface area contributed by atoms with Gasteiger partial charge in [-0.3, -0.25) is 9.88 Å². The second kappa shape index (κ2) is 9.27. The molecular formula is C19H20ClF3N4O3. The molecule has 0 bridgehead atoms. The van der Waals surface area contributed by atoms with Crippen LogP contribution in [0.1, 0.15) is 29.3 Å². The van der Waals surface area contributed by atoms with Crippen LogP contribution in [-0.2, 0) is 6.18 Å². The zero-order valence-corrected chi connectivity index (χ0v) is 16.4. The van der Waals surface area contributed by atoms with E-state index < -0.39 is 30.8 Å². The van der Waals surface area contributed by atoms with Crippen molar-refractivity contribution in [1.82, 2.24) is 14.9 Å². The third-order valence-corrected chi connectivity index (χ3v) is 4.97. The Morgan fingerprint density at radius 2 is 1.97 bits per heavy atom. The van der Waals surface area contributed by atoms with Crippen molar-refractivity contribution >= 4 is 23.0 Å². The summed E-state index contributed by atoms with van der Waals surface area (Å²) in [6.07, 6.45) is -2.16. The van der Waals surface area contributed by atoms with E-state index in [1.165, 1.54) is 6.20 Å². The molecule has 0 spiro atoms. The molecular weight excluding hydrogens is 425 g/mol. The standard InChI is InChI=1S/C19H20ClF3N4O3/c20-14-7-12(15(29)10-28)8-25-17(14)11-3-5-27(6-4-11)18(30)26-16-2-1-13(9-24-16)19(21,22)23/h1-3,7-9,15,18,28-30H,4-6,10H2,(H,24,26)/t15-,18?/m0/s1. The molecule has 0 aliphatic carbocycles. The average molecular weight is 445 g/mol. The van der Waals surface area contributed by atoms with Crippen molar-refractivity contribution in [2.45, 2.75) is 25.1 Å². The Bertz CT molecular complexity index is 909. The highest BCUT2D eigenvalue weighted by molar-refractivity contribution is 6.32. The fourth-order valence-electron chi connectivity index (χ4n) is 2.97. The number of aromatic nitrogens is 2. The molecule has 2 atom stereocenters. The quantitative estimate of drug-likeness (QED) is 0.508. The lowest BCUT2D eigenvalue weighted by Crippen LogP contribution is -2.43. The summed E-state index contributed by atoms with van der Waals surface area (Å²) in [4.78, 5) is 9.62. The van der Waals surface area contributed by atoms with E-state index >= 15 is 0 Å². The summed E-state index contributed by atoms with van der Waals surface area (Å²) < 4.78 is 37.8. The van der Waals surface area contributed by atoms with Gasteiger partial charge in [-0.25, -0.2) is 4.98 Å². The molecule has 11 heteroatoms. The number of aliphatic hydroxyl groups is 3. The minimum Gasteiger partial charge on any atom is -0.393 e. The first-order valence-electron chi connectivity index (χ1n) is 9.04. The summed E-state index contributed by atoms with van der Waals surface area (Å²) in [5.41, 5.74) is 0.959. The van der Waals surface area contributed by atoms with Crippen LogP contribution in [0.5, 0.6) is 0 Å². The van der Waals surface area contributed by atoms with Crippen LogP contribution in [0.2, 0.25) is 5.02 Å². The van der Waals surface area contributed by atoms with Gasteiger partial charge in [0.15, 0.2) is 6.35 Å². The van der Waals surface area contributed by atoms with Gasteiger partial charge in [0, 0.05) is 31.0 Å². The van der Waals surface area contributed by atoms with Gasteiger partial charge >= 0.3 is 6.18 Å². The lowest BCUT2D eigenvalue weighted by molar-refractivity contribution is -0.137. The number of rotatable bonds is 6. The summed E-state index contributed by atoms with van der Waals surface area (Å²) >= 11 is 6.26. The number of nitrogens with one attached hydrogen (secondary N) is 1. The molecule has 2 aromatic heterocycles. The summed E-state index contributed by atoms with van der Waals surface area (Å²) in [5, 5.41) is 32.0. The van der Waals surface area contributed by atoms with Crippen LogP contribution in [0.15, 0.2) is 36.7 Å². The fourth-order valence-corrected chi connectivity index (χ4v) is 3.27. The molecule has 7 nitrogen and oxygen atoms in total. The van der Waals surface area contributed by atoms with Crippen molar-refractivity contribution < 1.29 is 28.5 Å². The van der Waals surface area contributed by atoms with Gasteiger partial charge in [-0.05, 0) is 30.2 Å². The first-order valence-corrected chi connectivity index (χ1v) is 9.42. The fraction of sp³-hybridized carbons (Fsp3) is 0.368. The Balaban J connectivity index is 1.62. The van der Waals surface area contributed by atoms with E-state index in [4.69, 9.17) is 16.7 Å². The number of hydrogen-bond donors (Lipinski definition) is 4. The molecule has 0 fully saturated rings. The zero-order chi connectivity index (χ0) is 21.9. The van der Waals surface area contributed by atoms with Crippen molar-refractivity contribution in [3.63, 3.8) is 0 Å². The van der Waals surface area contributed by atoms with E-state index in [1.807, 2.05) is 6.08 Å². The summed E-state index contributed by atoms with van der Waals surface area (Å²) in [7, 11) is 0. The van der Waals surface area contributed by atoms with Crippen molar-refractivity contribution in [2.75, 3.05) is 25.0 Å². The van der Waals surface area contributed by atoms with E-state index in [9.17, 15) is 23.4 Å². The Morgan fingerprint density at radius 1 is 1.20 bits per heavy atom. The molecule has 2 aromatic rings. The number of nitrogens with zero attached hydrogens (tertiary/aromatic N) is 3.